The summed E-state index contributed by atoms with van der Waals surface area (Å²) in [6, 6.07) is 8.97. The number of Topliss-reactive ketones (excluding diaryl/α,β-unsaturated/α-hetero) is 1. The second kappa shape index (κ2) is 8.87. The molecule has 0 aliphatic carbocycles. The first-order valence-corrected chi connectivity index (χ1v) is 10.0. The Morgan fingerprint density at radius 3 is 2.93 bits per heavy atom. The first-order chi connectivity index (χ1) is 14.5. The number of ether oxygens (including phenoxy) is 1. The predicted octanol–water partition coefficient (Wildman–Crippen LogP) is 2.84. The molecular weight excluding hydrogens is 427 g/mol. The molecule has 0 fully saturated rings. The summed E-state index contributed by atoms with van der Waals surface area (Å²) < 4.78 is 8.89. The van der Waals surface area contributed by atoms with Crippen LogP contribution in [0.25, 0.3) is 5.65 Å². The number of imidazole rings is 1. The number of pyridine rings is 2. The first-order valence-electron chi connectivity index (χ1n) is 9.23. The molecule has 9 heteroatoms. The molecule has 30 heavy (non-hydrogen) atoms. The number of nitrogens with zero attached hydrogens (tertiary/aromatic N) is 3. The van der Waals surface area contributed by atoms with E-state index in [1.54, 1.807) is 45.8 Å². The van der Waals surface area contributed by atoms with Gasteiger partial charge in [-0.3, -0.25) is 4.79 Å². The maximum absolute atomic E-state index is 13.0. The van der Waals surface area contributed by atoms with Gasteiger partial charge in [0.1, 0.15) is 23.8 Å². The van der Waals surface area contributed by atoms with Gasteiger partial charge in [-0.25, -0.2) is 9.55 Å². The summed E-state index contributed by atoms with van der Waals surface area (Å²) in [7, 11) is 0. The molecule has 0 bridgehead atoms. The molecule has 0 saturated carbocycles. The molecule has 0 saturated heterocycles. The Kier molecular flexibility index (Phi) is 6.03. The van der Waals surface area contributed by atoms with E-state index in [4.69, 9.17) is 27.9 Å². The average Bonchev–Trinajstić information content (AvgIpc) is 3.03. The third-order valence-electron chi connectivity index (χ3n) is 4.63. The minimum Gasteiger partial charge on any atom is -0.474 e. The third-order valence-corrected chi connectivity index (χ3v) is 5.12. The van der Waals surface area contributed by atoms with Crippen molar-refractivity contribution in [2.45, 2.75) is 12.0 Å². The number of aromatic nitrogens is 3. The molecule has 4 rings (SSSR count). The molecule has 1 atom stereocenters. The van der Waals surface area contributed by atoms with E-state index in [-0.39, 0.29) is 36.1 Å². The lowest BCUT2D eigenvalue weighted by Gasteiger charge is -2.12. The molecule has 4 heterocycles. The van der Waals surface area contributed by atoms with Crippen molar-refractivity contribution < 1.29 is 19.0 Å². The van der Waals surface area contributed by atoms with E-state index in [9.17, 15) is 9.90 Å². The van der Waals surface area contributed by atoms with Gasteiger partial charge in [0.05, 0.1) is 12.8 Å². The number of ketones is 1. The fraction of sp³-hybridized carbons (Fsp3) is 0.190. The molecule has 2 N–H and O–H groups in total. The number of carbonyl (C=O) groups excluding carboxylic acids is 1. The minimum atomic E-state index is -0.332. The van der Waals surface area contributed by atoms with E-state index >= 15 is 0 Å². The second-order valence-electron chi connectivity index (χ2n) is 6.74. The van der Waals surface area contributed by atoms with Crippen molar-refractivity contribution >= 4 is 34.6 Å². The van der Waals surface area contributed by atoms with Gasteiger partial charge in [-0.2, -0.15) is 4.40 Å². The van der Waals surface area contributed by atoms with Crippen LogP contribution in [0.4, 0.5) is 0 Å². The quantitative estimate of drug-likeness (QED) is 0.192. The fourth-order valence-corrected chi connectivity index (χ4v) is 3.47. The lowest BCUT2D eigenvalue weighted by atomic mass is 10.2. The Morgan fingerprint density at radius 1 is 1.33 bits per heavy atom. The van der Waals surface area contributed by atoms with Gasteiger partial charge in [-0.05, 0) is 23.8 Å². The van der Waals surface area contributed by atoms with Gasteiger partial charge < -0.3 is 15.2 Å². The summed E-state index contributed by atoms with van der Waals surface area (Å²) in [5.74, 6) is -0.466. The Balaban J connectivity index is 1.57. The van der Waals surface area contributed by atoms with Crippen molar-refractivity contribution in [1.82, 2.24) is 14.9 Å². The maximum atomic E-state index is 13.0. The predicted molar refractivity (Wildman–Crippen MR) is 113 cm³/mol. The van der Waals surface area contributed by atoms with Crippen molar-refractivity contribution in [2.75, 3.05) is 13.2 Å². The largest absolute Gasteiger partial charge is 0.474 e. The number of fused-ring (bicyclic) bond motifs is 1. The van der Waals surface area contributed by atoms with Gasteiger partial charge in [-0.1, -0.05) is 41.4 Å². The Hall–Kier alpha value is -2.87. The summed E-state index contributed by atoms with van der Waals surface area (Å²) in [6.07, 6.45) is 8.73. The number of hydrogen-bond acceptors (Lipinski definition) is 5. The van der Waals surface area contributed by atoms with E-state index in [0.717, 1.165) is 11.1 Å². The van der Waals surface area contributed by atoms with Gasteiger partial charge in [0, 0.05) is 24.0 Å². The Morgan fingerprint density at radius 2 is 2.20 bits per heavy atom. The maximum Gasteiger partial charge on any atom is 0.339 e. The summed E-state index contributed by atoms with van der Waals surface area (Å²) in [4.78, 5) is 17.1. The SMILES string of the molecule is O=C(COCC1=CNC(Cl)C=C1)c1c(O)[n+]2ccccc2n1Cc1ccc(Cl)nc1. The summed E-state index contributed by atoms with van der Waals surface area (Å²) in [6.45, 7) is 0.404. The molecule has 154 valence electrons. The van der Waals surface area contributed by atoms with E-state index < -0.39 is 0 Å². The topological polar surface area (TPSA) is 80.5 Å². The molecule has 7 nitrogen and oxygen atoms in total. The highest BCUT2D eigenvalue weighted by molar-refractivity contribution is 6.29. The zero-order valence-electron chi connectivity index (χ0n) is 15.8. The zero-order valence-corrected chi connectivity index (χ0v) is 17.3. The van der Waals surface area contributed by atoms with Crippen LogP contribution in [0.5, 0.6) is 5.88 Å². The number of alkyl halides is 1. The van der Waals surface area contributed by atoms with Gasteiger partial charge in [0.25, 0.3) is 11.3 Å². The van der Waals surface area contributed by atoms with Crippen LogP contribution >= 0.6 is 23.2 Å². The van der Waals surface area contributed by atoms with Crippen molar-refractivity contribution in [3.8, 4) is 5.88 Å². The molecule has 0 radical (unpaired) electrons. The molecule has 1 aliphatic heterocycles. The normalized spacial score (nSPS) is 15.8. The van der Waals surface area contributed by atoms with Crippen molar-refractivity contribution in [3.63, 3.8) is 0 Å². The molecule has 3 aromatic heterocycles. The van der Waals surface area contributed by atoms with Crippen molar-refractivity contribution in [1.29, 1.82) is 0 Å². The Labute approximate surface area is 182 Å². The number of nitrogens with one attached hydrogen (secondary N) is 1. The van der Waals surface area contributed by atoms with E-state index in [0.29, 0.717) is 17.3 Å². The van der Waals surface area contributed by atoms with Crippen LogP contribution in [0.2, 0.25) is 5.15 Å². The first kappa shape index (κ1) is 20.4. The summed E-state index contributed by atoms with van der Waals surface area (Å²) in [5.41, 5.74) is 2.30. The highest BCUT2D eigenvalue weighted by Crippen LogP contribution is 2.20. The van der Waals surface area contributed by atoms with Crippen LogP contribution < -0.4 is 9.72 Å². The van der Waals surface area contributed by atoms with Crippen LogP contribution in [-0.2, 0) is 11.3 Å². The minimum absolute atomic E-state index is 0.135. The molecule has 0 amide bonds. The van der Waals surface area contributed by atoms with Gasteiger partial charge in [0.2, 0.25) is 5.78 Å². The monoisotopic (exact) mass is 445 g/mol. The van der Waals surface area contributed by atoms with E-state index in [1.165, 1.54) is 0 Å². The van der Waals surface area contributed by atoms with Gasteiger partial charge in [-0.15, -0.1) is 0 Å². The number of halogens is 2. The lowest BCUT2D eigenvalue weighted by molar-refractivity contribution is -0.521. The van der Waals surface area contributed by atoms with Crippen molar-refractivity contribution in [2.24, 2.45) is 0 Å². The van der Waals surface area contributed by atoms with Crippen LogP contribution in [0.1, 0.15) is 16.1 Å². The number of dihydropyridines is 1. The van der Waals surface area contributed by atoms with Crippen LogP contribution in [0, 0.1) is 0 Å². The fourth-order valence-electron chi connectivity index (χ4n) is 3.22. The smallest absolute Gasteiger partial charge is 0.339 e. The standard InChI is InChI=1S/C21H18Cl2N4O3/c22-17-6-4-14(9-24-17)11-27-19-3-1-2-8-26(19)21(29)20(27)16(28)13-30-12-15-5-7-18(23)25-10-15/h1-10,18,25H,11-13H2/p+1. The van der Waals surface area contributed by atoms with E-state index in [2.05, 4.69) is 10.3 Å². The van der Waals surface area contributed by atoms with Crippen LogP contribution in [-0.4, -0.2) is 39.2 Å². The molecule has 1 unspecified atom stereocenters. The van der Waals surface area contributed by atoms with Gasteiger partial charge in [0.15, 0.2) is 0 Å². The van der Waals surface area contributed by atoms with Crippen LogP contribution in [0.3, 0.4) is 0 Å². The number of rotatable bonds is 7. The lowest BCUT2D eigenvalue weighted by Crippen LogP contribution is -2.21. The zero-order chi connectivity index (χ0) is 21.1. The highest BCUT2D eigenvalue weighted by atomic mass is 35.5. The summed E-state index contributed by atoms with van der Waals surface area (Å²) >= 11 is 11.8. The average molecular weight is 446 g/mol. The Bertz CT molecular complexity index is 1140. The second-order valence-corrected chi connectivity index (χ2v) is 7.60. The number of carbonyl (C=O) groups is 1. The number of hydrogen-bond donors (Lipinski definition) is 2. The molecule has 1 aliphatic rings. The third kappa shape index (κ3) is 4.33. The van der Waals surface area contributed by atoms with Crippen LogP contribution in [0.15, 0.2) is 66.7 Å². The van der Waals surface area contributed by atoms with Gasteiger partial charge >= 0.3 is 5.88 Å². The van der Waals surface area contributed by atoms with E-state index in [1.807, 2.05) is 24.3 Å². The highest BCUT2D eigenvalue weighted by Gasteiger charge is 2.31. The van der Waals surface area contributed by atoms with Crippen molar-refractivity contribution in [3.05, 3.63) is 83.1 Å². The molecule has 3 aromatic rings. The summed E-state index contributed by atoms with van der Waals surface area (Å²) in [5, 5.41) is 14.1. The number of aromatic hydroxyl groups is 1. The molecular formula is C21H19Cl2N4O3+. The molecule has 0 aromatic carbocycles. The molecule has 0 spiro atoms.